The van der Waals surface area contributed by atoms with Gasteiger partial charge in [0.15, 0.2) is 11.5 Å². The Hall–Kier alpha value is -2.96. The molecule has 2 atom stereocenters. The van der Waals surface area contributed by atoms with Gasteiger partial charge in [0, 0.05) is 37.3 Å². The maximum absolute atomic E-state index is 13.1. The topological polar surface area (TPSA) is 70.0 Å². The Bertz CT molecular complexity index is 958. The molecule has 2 aliphatic heterocycles. The molecule has 3 heterocycles. The molecule has 4 rings (SSSR count). The number of hydrogen-bond donors (Lipinski definition) is 0. The van der Waals surface area contributed by atoms with Crippen LogP contribution in [-0.4, -0.2) is 49.8 Å². The van der Waals surface area contributed by atoms with Crippen LogP contribution in [0.25, 0.3) is 0 Å². The predicted molar refractivity (Wildman–Crippen MR) is 108 cm³/mol. The summed E-state index contributed by atoms with van der Waals surface area (Å²) in [7, 11) is 4.68. The number of carbonyl (C=O) groups excluding carboxylic acids is 1. The van der Waals surface area contributed by atoms with Crippen LogP contribution in [0.4, 0.5) is 0 Å². The van der Waals surface area contributed by atoms with Crippen LogP contribution < -0.4 is 19.8 Å². The zero-order valence-corrected chi connectivity index (χ0v) is 17.0. The van der Waals surface area contributed by atoms with Gasteiger partial charge in [0.2, 0.25) is 11.7 Å². The number of methoxy groups -OCH3 is 3. The third kappa shape index (κ3) is 3.57. The van der Waals surface area contributed by atoms with Crippen molar-refractivity contribution in [2.24, 2.45) is 5.92 Å². The van der Waals surface area contributed by atoms with Crippen LogP contribution in [0.15, 0.2) is 35.1 Å². The minimum Gasteiger partial charge on any atom is -0.493 e. The lowest BCUT2D eigenvalue weighted by atomic mass is 9.83. The molecule has 0 radical (unpaired) electrons. The van der Waals surface area contributed by atoms with Crippen LogP contribution in [0.1, 0.15) is 23.6 Å². The number of carbonyl (C=O) groups is 1. The molecule has 2 aromatic rings. The molecule has 1 amide bonds. The molecule has 2 bridgehead atoms. The van der Waals surface area contributed by atoms with Gasteiger partial charge in [-0.3, -0.25) is 9.59 Å². The smallest absolute Gasteiger partial charge is 0.250 e. The highest BCUT2D eigenvalue weighted by atomic mass is 16.5. The van der Waals surface area contributed by atoms with Crippen LogP contribution in [-0.2, 0) is 17.8 Å². The number of ether oxygens (including phenoxy) is 3. The molecule has 0 spiro atoms. The standard InChI is InChI=1S/C22H26N2O5/c1-27-18-8-14(9-19(28-2)22(18)29-3)10-21(26)23-11-15-7-16(13-23)17-5-4-6-20(25)24(17)12-15/h4-6,8-9,15-16H,7,10-13H2,1-3H3/t15-,16+/m0/s1. The molecular weight excluding hydrogens is 372 g/mol. The first-order valence-corrected chi connectivity index (χ1v) is 9.80. The summed E-state index contributed by atoms with van der Waals surface area (Å²) < 4.78 is 18.0. The fraction of sp³-hybridized carbons (Fsp3) is 0.455. The Kier molecular flexibility index (Phi) is 5.22. The zero-order chi connectivity index (χ0) is 20.5. The maximum atomic E-state index is 13.1. The summed E-state index contributed by atoms with van der Waals surface area (Å²) in [6.07, 6.45) is 1.29. The van der Waals surface area contributed by atoms with Crippen LogP contribution in [0.3, 0.4) is 0 Å². The molecule has 0 aliphatic carbocycles. The van der Waals surface area contributed by atoms with Gasteiger partial charge in [0.05, 0.1) is 27.8 Å². The fourth-order valence-corrected chi connectivity index (χ4v) is 4.62. The molecule has 1 fully saturated rings. The second-order valence-corrected chi connectivity index (χ2v) is 7.71. The molecule has 1 saturated heterocycles. The average Bonchev–Trinajstić information content (AvgIpc) is 2.73. The van der Waals surface area contributed by atoms with Gasteiger partial charge in [-0.1, -0.05) is 6.07 Å². The molecule has 7 nitrogen and oxygen atoms in total. The molecule has 0 unspecified atom stereocenters. The monoisotopic (exact) mass is 398 g/mol. The lowest BCUT2D eigenvalue weighted by molar-refractivity contribution is -0.133. The summed E-state index contributed by atoms with van der Waals surface area (Å²) in [4.78, 5) is 27.2. The highest BCUT2D eigenvalue weighted by Gasteiger charge is 2.36. The predicted octanol–water partition coefficient (Wildman–Crippen LogP) is 2.06. The Balaban J connectivity index is 1.54. The van der Waals surface area contributed by atoms with E-state index in [4.69, 9.17) is 14.2 Å². The summed E-state index contributed by atoms with van der Waals surface area (Å²) >= 11 is 0. The zero-order valence-electron chi connectivity index (χ0n) is 17.0. The third-order valence-corrected chi connectivity index (χ3v) is 5.91. The van der Waals surface area contributed by atoms with Crippen molar-refractivity contribution in [3.8, 4) is 17.2 Å². The van der Waals surface area contributed by atoms with E-state index in [0.29, 0.717) is 42.8 Å². The number of hydrogen-bond acceptors (Lipinski definition) is 5. The number of piperidine rings is 1. The van der Waals surface area contributed by atoms with Gasteiger partial charge >= 0.3 is 0 Å². The van der Waals surface area contributed by atoms with E-state index in [1.165, 1.54) is 0 Å². The largest absolute Gasteiger partial charge is 0.493 e. The van der Waals surface area contributed by atoms with E-state index in [9.17, 15) is 9.59 Å². The van der Waals surface area contributed by atoms with E-state index >= 15 is 0 Å². The SMILES string of the molecule is COc1cc(CC(=O)N2C[C@@H]3C[C@H](C2)c2cccc(=O)n2C3)cc(OC)c1OC. The molecule has 0 N–H and O–H groups in total. The second kappa shape index (κ2) is 7.81. The maximum Gasteiger partial charge on any atom is 0.250 e. The normalized spacial score (nSPS) is 20.0. The van der Waals surface area contributed by atoms with Crippen LogP contribution in [0, 0.1) is 5.92 Å². The number of benzene rings is 1. The van der Waals surface area contributed by atoms with Crippen LogP contribution in [0.5, 0.6) is 17.2 Å². The first-order chi connectivity index (χ1) is 14.0. The molecule has 154 valence electrons. The van der Waals surface area contributed by atoms with Gasteiger partial charge in [0.25, 0.3) is 5.56 Å². The van der Waals surface area contributed by atoms with Crippen molar-refractivity contribution >= 4 is 5.91 Å². The van der Waals surface area contributed by atoms with E-state index in [1.54, 1.807) is 27.4 Å². The average molecular weight is 398 g/mol. The van der Waals surface area contributed by atoms with Gasteiger partial charge < -0.3 is 23.7 Å². The van der Waals surface area contributed by atoms with Crippen molar-refractivity contribution in [1.29, 1.82) is 0 Å². The van der Waals surface area contributed by atoms with Crippen molar-refractivity contribution < 1.29 is 19.0 Å². The van der Waals surface area contributed by atoms with Gasteiger partial charge in [-0.15, -0.1) is 0 Å². The minimum absolute atomic E-state index is 0.0504. The number of pyridine rings is 1. The molecule has 1 aromatic heterocycles. The number of likely N-dealkylation sites (tertiary alicyclic amines) is 1. The molecular formula is C22H26N2O5. The molecule has 0 saturated carbocycles. The molecule has 7 heteroatoms. The molecule has 2 aliphatic rings. The summed E-state index contributed by atoms with van der Waals surface area (Å²) in [6, 6.07) is 9.07. The Morgan fingerprint density at radius 3 is 2.41 bits per heavy atom. The highest BCUT2D eigenvalue weighted by molar-refractivity contribution is 5.79. The van der Waals surface area contributed by atoms with Gasteiger partial charge in [-0.05, 0) is 36.1 Å². The van der Waals surface area contributed by atoms with Crippen molar-refractivity contribution in [1.82, 2.24) is 9.47 Å². The van der Waals surface area contributed by atoms with Gasteiger partial charge in [-0.25, -0.2) is 0 Å². The van der Waals surface area contributed by atoms with E-state index in [0.717, 1.165) is 17.7 Å². The van der Waals surface area contributed by atoms with Crippen LogP contribution >= 0.6 is 0 Å². The Morgan fingerprint density at radius 1 is 1.03 bits per heavy atom. The lowest BCUT2D eigenvalue weighted by Crippen LogP contribution is -2.49. The Labute approximate surface area is 169 Å². The molecule has 1 aromatic carbocycles. The van der Waals surface area contributed by atoms with Crippen molar-refractivity contribution in [3.05, 3.63) is 51.9 Å². The van der Waals surface area contributed by atoms with Crippen molar-refractivity contribution in [2.75, 3.05) is 34.4 Å². The fourth-order valence-electron chi connectivity index (χ4n) is 4.62. The quantitative estimate of drug-likeness (QED) is 0.771. The number of amides is 1. The lowest BCUT2D eigenvalue weighted by Gasteiger charge is -2.42. The first kappa shape index (κ1) is 19.4. The highest BCUT2D eigenvalue weighted by Crippen LogP contribution is 2.39. The van der Waals surface area contributed by atoms with Crippen LogP contribution in [0.2, 0.25) is 0 Å². The third-order valence-electron chi connectivity index (χ3n) is 5.91. The van der Waals surface area contributed by atoms with Gasteiger partial charge in [0.1, 0.15) is 0 Å². The Morgan fingerprint density at radius 2 is 1.76 bits per heavy atom. The van der Waals surface area contributed by atoms with E-state index in [-0.39, 0.29) is 23.8 Å². The summed E-state index contributed by atoms with van der Waals surface area (Å²) in [6.45, 7) is 2.00. The number of fused-ring (bicyclic) bond motifs is 4. The number of nitrogens with zero attached hydrogens (tertiary/aromatic N) is 2. The van der Waals surface area contributed by atoms with E-state index in [1.807, 2.05) is 33.7 Å². The first-order valence-electron chi connectivity index (χ1n) is 9.80. The summed E-state index contributed by atoms with van der Waals surface area (Å²) in [5.41, 5.74) is 1.91. The minimum atomic E-state index is 0.0504. The number of aromatic nitrogens is 1. The van der Waals surface area contributed by atoms with Crippen molar-refractivity contribution in [3.63, 3.8) is 0 Å². The molecule has 29 heavy (non-hydrogen) atoms. The van der Waals surface area contributed by atoms with E-state index < -0.39 is 0 Å². The van der Waals surface area contributed by atoms with Crippen molar-refractivity contribution in [2.45, 2.75) is 25.3 Å². The van der Waals surface area contributed by atoms with Gasteiger partial charge in [-0.2, -0.15) is 0 Å². The summed E-state index contributed by atoms with van der Waals surface area (Å²) in [5.74, 6) is 2.18. The van der Waals surface area contributed by atoms with E-state index in [2.05, 4.69) is 0 Å². The number of rotatable bonds is 5. The second-order valence-electron chi connectivity index (χ2n) is 7.71. The summed E-state index contributed by atoms with van der Waals surface area (Å²) in [5, 5.41) is 0.